The molecule has 0 aliphatic carbocycles. The first kappa shape index (κ1) is 16.0. The molecule has 0 amide bonds. The van der Waals surface area contributed by atoms with Crippen LogP contribution in [-0.2, 0) is 11.3 Å². The van der Waals surface area contributed by atoms with E-state index in [0.29, 0.717) is 19.1 Å². The average molecular weight is 302 g/mol. The van der Waals surface area contributed by atoms with Crippen molar-refractivity contribution < 1.29 is 4.74 Å². The van der Waals surface area contributed by atoms with Gasteiger partial charge in [0, 0.05) is 31.7 Å². The Hall–Kier alpha value is -2.41. The van der Waals surface area contributed by atoms with Crippen LogP contribution >= 0.6 is 0 Å². The largest absolute Gasteiger partial charge is 0.383 e. The number of hydrogen-bond acceptors (Lipinski definition) is 4. The Morgan fingerprint density at radius 2 is 2.27 bits per heavy atom. The van der Waals surface area contributed by atoms with E-state index in [1.165, 1.54) is 0 Å². The lowest BCUT2D eigenvalue weighted by Gasteiger charge is -2.13. The highest BCUT2D eigenvalue weighted by atomic mass is 16.5. The van der Waals surface area contributed by atoms with Gasteiger partial charge in [0.25, 0.3) is 0 Å². The Kier molecular flexibility index (Phi) is 5.48. The zero-order valence-electron chi connectivity index (χ0n) is 13.2. The molecule has 0 saturated heterocycles. The van der Waals surface area contributed by atoms with Crippen LogP contribution in [0.1, 0.15) is 18.3 Å². The SMILES string of the molecule is COCC(C)NC(N)=NCc1ccc(-n2ccnc2C)nc1. The van der Waals surface area contributed by atoms with Gasteiger partial charge in [0.1, 0.15) is 11.6 Å². The van der Waals surface area contributed by atoms with Crippen molar-refractivity contribution in [2.45, 2.75) is 26.4 Å². The highest BCUT2D eigenvalue weighted by molar-refractivity contribution is 5.78. The van der Waals surface area contributed by atoms with Crippen LogP contribution in [0, 0.1) is 6.92 Å². The summed E-state index contributed by atoms with van der Waals surface area (Å²) in [6.07, 6.45) is 5.43. The Bertz CT molecular complexity index is 619. The quantitative estimate of drug-likeness (QED) is 0.614. The first-order valence-electron chi connectivity index (χ1n) is 7.10. The summed E-state index contributed by atoms with van der Waals surface area (Å²) in [6.45, 7) is 4.98. The van der Waals surface area contributed by atoms with Gasteiger partial charge in [-0.05, 0) is 25.5 Å². The number of ether oxygens (including phenoxy) is 1. The smallest absolute Gasteiger partial charge is 0.189 e. The Balaban J connectivity index is 1.95. The van der Waals surface area contributed by atoms with Crippen molar-refractivity contribution in [3.63, 3.8) is 0 Å². The van der Waals surface area contributed by atoms with Gasteiger partial charge in [-0.1, -0.05) is 6.07 Å². The molecule has 2 aromatic rings. The summed E-state index contributed by atoms with van der Waals surface area (Å²) in [5.74, 6) is 2.14. The zero-order valence-corrected chi connectivity index (χ0v) is 13.2. The second-order valence-electron chi connectivity index (χ2n) is 5.07. The predicted octanol–water partition coefficient (Wildman–Crippen LogP) is 1.01. The fourth-order valence-corrected chi connectivity index (χ4v) is 2.04. The van der Waals surface area contributed by atoms with E-state index in [2.05, 4.69) is 20.3 Å². The number of aryl methyl sites for hydroxylation is 1. The summed E-state index contributed by atoms with van der Waals surface area (Å²) in [5, 5.41) is 3.06. The molecule has 1 unspecified atom stereocenters. The van der Waals surface area contributed by atoms with Gasteiger partial charge in [-0.15, -0.1) is 0 Å². The number of hydrogen-bond donors (Lipinski definition) is 2. The van der Waals surface area contributed by atoms with E-state index >= 15 is 0 Å². The highest BCUT2D eigenvalue weighted by Crippen LogP contribution is 2.08. The monoisotopic (exact) mass is 302 g/mol. The minimum atomic E-state index is 0.124. The third-order valence-electron chi connectivity index (χ3n) is 3.12. The predicted molar refractivity (Wildman–Crippen MR) is 85.9 cm³/mol. The zero-order chi connectivity index (χ0) is 15.9. The number of aliphatic imine (C=N–C) groups is 1. The van der Waals surface area contributed by atoms with E-state index in [0.717, 1.165) is 17.2 Å². The molecule has 0 bridgehead atoms. The second kappa shape index (κ2) is 7.56. The van der Waals surface area contributed by atoms with Crippen LogP contribution in [0.15, 0.2) is 35.7 Å². The van der Waals surface area contributed by atoms with Crippen LogP contribution in [0.25, 0.3) is 5.82 Å². The molecule has 3 N–H and O–H groups in total. The van der Waals surface area contributed by atoms with Crippen LogP contribution in [0.3, 0.4) is 0 Å². The minimum Gasteiger partial charge on any atom is -0.383 e. The summed E-state index contributed by atoms with van der Waals surface area (Å²) in [4.78, 5) is 12.9. The molecule has 0 aromatic carbocycles. The number of rotatable bonds is 6. The van der Waals surface area contributed by atoms with Crippen molar-refractivity contribution in [2.75, 3.05) is 13.7 Å². The van der Waals surface area contributed by atoms with Crippen LogP contribution in [0.4, 0.5) is 0 Å². The molecular weight excluding hydrogens is 280 g/mol. The van der Waals surface area contributed by atoms with E-state index < -0.39 is 0 Å². The molecule has 2 rings (SSSR count). The lowest BCUT2D eigenvalue weighted by Crippen LogP contribution is -2.40. The summed E-state index contributed by atoms with van der Waals surface area (Å²) >= 11 is 0. The van der Waals surface area contributed by atoms with Crippen molar-refractivity contribution in [2.24, 2.45) is 10.7 Å². The summed E-state index contributed by atoms with van der Waals surface area (Å²) < 4.78 is 6.96. The molecule has 1 atom stereocenters. The Labute approximate surface area is 130 Å². The van der Waals surface area contributed by atoms with Gasteiger partial charge in [-0.2, -0.15) is 0 Å². The number of methoxy groups -OCH3 is 1. The molecule has 7 nitrogen and oxygen atoms in total. The van der Waals surface area contributed by atoms with Crippen molar-refractivity contribution in [3.05, 3.63) is 42.1 Å². The summed E-state index contributed by atoms with van der Waals surface area (Å²) in [6, 6.07) is 4.05. The van der Waals surface area contributed by atoms with Crippen molar-refractivity contribution in [1.29, 1.82) is 0 Å². The Morgan fingerprint density at radius 3 is 2.86 bits per heavy atom. The Morgan fingerprint density at radius 1 is 1.45 bits per heavy atom. The molecule has 7 heteroatoms. The molecule has 22 heavy (non-hydrogen) atoms. The number of nitrogens with zero attached hydrogens (tertiary/aromatic N) is 4. The van der Waals surface area contributed by atoms with Crippen LogP contribution < -0.4 is 11.1 Å². The topological polar surface area (TPSA) is 90.3 Å². The van der Waals surface area contributed by atoms with Crippen LogP contribution in [0.5, 0.6) is 0 Å². The number of pyridine rings is 1. The van der Waals surface area contributed by atoms with E-state index in [1.807, 2.05) is 36.7 Å². The van der Waals surface area contributed by atoms with Crippen molar-refractivity contribution in [3.8, 4) is 5.82 Å². The van der Waals surface area contributed by atoms with E-state index in [4.69, 9.17) is 10.5 Å². The second-order valence-corrected chi connectivity index (χ2v) is 5.07. The third-order valence-corrected chi connectivity index (χ3v) is 3.12. The summed E-state index contributed by atoms with van der Waals surface area (Å²) in [7, 11) is 1.65. The standard InChI is InChI=1S/C15H22N6O/c1-11(10-22-3)20-15(16)19-9-13-4-5-14(18-8-13)21-7-6-17-12(21)2/h4-8,11H,9-10H2,1-3H3,(H3,16,19,20). The first-order valence-corrected chi connectivity index (χ1v) is 7.10. The number of nitrogens with two attached hydrogens (primary N) is 1. The molecule has 0 radical (unpaired) electrons. The molecule has 0 aliphatic rings. The molecule has 0 spiro atoms. The van der Waals surface area contributed by atoms with Crippen molar-refractivity contribution >= 4 is 5.96 Å². The fraction of sp³-hybridized carbons (Fsp3) is 0.400. The molecule has 0 aliphatic heterocycles. The average Bonchev–Trinajstić information content (AvgIpc) is 2.92. The molecule has 2 heterocycles. The van der Waals surface area contributed by atoms with Gasteiger partial charge in [-0.25, -0.2) is 15.0 Å². The van der Waals surface area contributed by atoms with Crippen molar-refractivity contribution in [1.82, 2.24) is 19.9 Å². The van der Waals surface area contributed by atoms with Gasteiger partial charge in [0.15, 0.2) is 5.96 Å². The summed E-state index contributed by atoms with van der Waals surface area (Å²) in [5.41, 5.74) is 6.82. The number of imidazole rings is 1. The number of nitrogens with one attached hydrogen (secondary N) is 1. The lowest BCUT2D eigenvalue weighted by atomic mass is 10.3. The third kappa shape index (κ3) is 4.29. The van der Waals surface area contributed by atoms with E-state index in [9.17, 15) is 0 Å². The maximum atomic E-state index is 5.83. The van der Waals surface area contributed by atoms with E-state index in [1.54, 1.807) is 19.5 Å². The lowest BCUT2D eigenvalue weighted by molar-refractivity contribution is 0.179. The van der Waals surface area contributed by atoms with Gasteiger partial charge >= 0.3 is 0 Å². The molecule has 118 valence electrons. The molecule has 0 fully saturated rings. The van der Waals surface area contributed by atoms with Crippen LogP contribution in [0.2, 0.25) is 0 Å². The van der Waals surface area contributed by atoms with Crippen LogP contribution in [-0.4, -0.2) is 40.3 Å². The van der Waals surface area contributed by atoms with Gasteiger partial charge in [0.2, 0.25) is 0 Å². The number of guanidine groups is 1. The first-order chi connectivity index (χ1) is 10.6. The normalized spacial score (nSPS) is 13.1. The van der Waals surface area contributed by atoms with E-state index in [-0.39, 0.29) is 6.04 Å². The van der Waals surface area contributed by atoms with Gasteiger partial charge in [0.05, 0.1) is 13.2 Å². The number of aromatic nitrogens is 3. The fourth-order valence-electron chi connectivity index (χ4n) is 2.04. The molecule has 2 aromatic heterocycles. The molecule has 0 saturated carbocycles. The minimum absolute atomic E-state index is 0.124. The maximum absolute atomic E-state index is 5.83. The van der Waals surface area contributed by atoms with Gasteiger partial charge in [-0.3, -0.25) is 4.57 Å². The maximum Gasteiger partial charge on any atom is 0.189 e. The molecular formula is C15H22N6O. The highest BCUT2D eigenvalue weighted by Gasteiger charge is 2.03. The van der Waals surface area contributed by atoms with Gasteiger partial charge < -0.3 is 15.8 Å².